The van der Waals surface area contributed by atoms with Gasteiger partial charge in [0.05, 0.1) is 7.11 Å². The van der Waals surface area contributed by atoms with Gasteiger partial charge in [-0.05, 0) is 24.0 Å². The van der Waals surface area contributed by atoms with Gasteiger partial charge in [0.2, 0.25) is 11.5 Å². The van der Waals surface area contributed by atoms with Crippen LogP contribution in [-0.4, -0.2) is 27.0 Å². The van der Waals surface area contributed by atoms with Crippen LogP contribution >= 0.6 is 0 Å². The molecule has 0 atom stereocenters. The van der Waals surface area contributed by atoms with E-state index in [1.54, 1.807) is 7.11 Å². The number of rotatable bonds is 4. The molecule has 0 aliphatic rings. The SMILES string of the molecule is COc1nc2nc(C)[nH]c2nc1Cc1ccc(C(C)C)cc1. The average Bonchev–Trinajstić information content (AvgIpc) is 2.86. The predicted octanol–water partition coefficient (Wildman–Crippen LogP) is 3.38. The molecule has 1 N–H and O–H groups in total. The molecule has 0 radical (unpaired) electrons. The van der Waals surface area contributed by atoms with E-state index in [1.165, 1.54) is 11.1 Å². The van der Waals surface area contributed by atoms with Crippen molar-refractivity contribution in [3.63, 3.8) is 0 Å². The summed E-state index contributed by atoms with van der Waals surface area (Å²) in [5.74, 6) is 1.87. The highest BCUT2D eigenvalue weighted by atomic mass is 16.5. The second kappa shape index (κ2) is 5.75. The van der Waals surface area contributed by atoms with Crippen LogP contribution in [0, 0.1) is 6.92 Å². The fraction of sp³-hybridized carbons (Fsp3) is 0.353. The second-order valence-corrected chi connectivity index (χ2v) is 5.75. The van der Waals surface area contributed by atoms with Gasteiger partial charge in [-0.15, -0.1) is 0 Å². The predicted molar refractivity (Wildman–Crippen MR) is 86.3 cm³/mol. The lowest BCUT2D eigenvalue weighted by Crippen LogP contribution is -2.01. The average molecular weight is 296 g/mol. The summed E-state index contributed by atoms with van der Waals surface area (Å²) in [6.45, 7) is 6.27. The van der Waals surface area contributed by atoms with E-state index in [9.17, 15) is 0 Å². The number of fused-ring (bicyclic) bond motifs is 1. The van der Waals surface area contributed by atoms with Gasteiger partial charge in [0.25, 0.3) is 0 Å². The smallest absolute Gasteiger partial charge is 0.237 e. The monoisotopic (exact) mass is 296 g/mol. The molecule has 3 aromatic rings. The Morgan fingerprint density at radius 2 is 1.82 bits per heavy atom. The number of aryl methyl sites for hydroxylation is 1. The van der Waals surface area contributed by atoms with Crippen LogP contribution in [0.3, 0.4) is 0 Å². The molecule has 0 saturated heterocycles. The standard InChI is InChI=1S/C17H20N4O/c1-10(2)13-7-5-12(6-8-13)9-14-17(22-4)21-16-15(20-14)18-11(3)19-16/h5-8,10H,9H2,1-4H3,(H,18,19,20,21). The van der Waals surface area contributed by atoms with Crippen molar-refractivity contribution in [3.8, 4) is 5.88 Å². The van der Waals surface area contributed by atoms with Crippen LogP contribution in [0.4, 0.5) is 0 Å². The number of aromatic amines is 1. The first kappa shape index (κ1) is 14.5. The number of imidazole rings is 1. The molecule has 0 aliphatic carbocycles. The fourth-order valence-corrected chi connectivity index (χ4v) is 2.46. The van der Waals surface area contributed by atoms with Crippen LogP contribution in [0.25, 0.3) is 11.3 Å². The highest BCUT2D eigenvalue weighted by Gasteiger charge is 2.12. The van der Waals surface area contributed by atoms with E-state index in [0.717, 1.165) is 11.5 Å². The number of H-pyrrole nitrogens is 1. The topological polar surface area (TPSA) is 63.7 Å². The molecular weight excluding hydrogens is 276 g/mol. The van der Waals surface area contributed by atoms with E-state index >= 15 is 0 Å². The lowest BCUT2D eigenvalue weighted by Gasteiger charge is -2.08. The third-order valence-electron chi connectivity index (χ3n) is 3.70. The molecule has 0 saturated carbocycles. The van der Waals surface area contributed by atoms with Gasteiger partial charge < -0.3 is 9.72 Å². The molecule has 114 valence electrons. The van der Waals surface area contributed by atoms with Gasteiger partial charge >= 0.3 is 0 Å². The largest absolute Gasteiger partial charge is 0.480 e. The Labute approximate surface area is 129 Å². The number of methoxy groups -OCH3 is 1. The summed E-state index contributed by atoms with van der Waals surface area (Å²) in [5.41, 5.74) is 4.63. The van der Waals surface area contributed by atoms with E-state index in [2.05, 4.69) is 58.0 Å². The van der Waals surface area contributed by atoms with Crippen molar-refractivity contribution < 1.29 is 4.74 Å². The minimum Gasteiger partial charge on any atom is -0.480 e. The van der Waals surface area contributed by atoms with E-state index in [-0.39, 0.29) is 0 Å². The molecule has 0 amide bonds. The Hall–Kier alpha value is -2.43. The number of hydrogen-bond acceptors (Lipinski definition) is 4. The van der Waals surface area contributed by atoms with Crippen LogP contribution in [0.1, 0.15) is 42.4 Å². The van der Waals surface area contributed by atoms with Crippen molar-refractivity contribution in [3.05, 3.63) is 46.9 Å². The first-order valence-corrected chi connectivity index (χ1v) is 7.43. The molecule has 2 aromatic heterocycles. The summed E-state index contributed by atoms with van der Waals surface area (Å²) in [6, 6.07) is 8.61. The molecule has 5 heteroatoms. The molecule has 0 bridgehead atoms. The maximum atomic E-state index is 5.37. The molecule has 0 fully saturated rings. The Balaban J connectivity index is 1.94. The molecule has 0 spiro atoms. The van der Waals surface area contributed by atoms with Crippen LogP contribution in [0.15, 0.2) is 24.3 Å². The molecule has 3 rings (SSSR count). The summed E-state index contributed by atoms with van der Waals surface area (Å²) in [4.78, 5) is 16.5. The maximum Gasteiger partial charge on any atom is 0.237 e. The second-order valence-electron chi connectivity index (χ2n) is 5.75. The summed E-state index contributed by atoms with van der Waals surface area (Å²) in [6.07, 6.45) is 0.683. The minimum absolute atomic E-state index is 0.534. The van der Waals surface area contributed by atoms with Crippen LogP contribution in [0.5, 0.6) is 5.88 Å². The van der Waals surface area contributed by atoms with Gasteiger partial charge in [-0.3, -0.25) is 0 Å². The number of hydrogen-bond donors (Lipinski definition) is 1. The van der Waals surface area contributed by atoms with Crippen molar-refractivity contribution >= 4 is 11.3 Å². The van der Waals surface area contributed by atoms with Crippen LogP contribution < -0.4 is 4.74 Å². The molecule has 2 heterocycles. The highest BCUT2D eigenvalue weighted by molar-refractivity contribution is 5.66. The number of nitrogens with zero attached hydrogens (tertiary/aromatic N) is 3. The first-order chi connectivity index (χ1) is 10.6. The third-order valence-corrected chi connectivity index (χ3v) is 3.70. The molecule has 1 aromatic carbocycles. The zero-order chi connectivity index (χ0) is 15.7. The summed E-state index contributed by atoms with van der Waals surface area (Å²) >= 11 is 0. The zero-order valence-corrected chi connectivity index (χ0v) is 13.3. The number of aromatic nitrogens is 4. The zero-order valence-electron chi connectivity index (χ0n) is 13.3. The van der Waals surface area contributed by atoms with E-state index < -0.39 is 0 Å². The van der Waals surface area contributed by atoms with Crippen molar-refractivity contribution in [2.45, 2.75) is 33.1 Å². The number of ether oxygens (including phenoxy) is 1. The van der Waals surface area contributed by atoms with Crippen LogP contribution in [-0.2, 0) is 6.42 Å². The van der Waals surface area contributed by atoms with E-state index in [0.29, 0.717) is 29.5 Å². The lowest BCUT2D eigenvalue weighted by molar-refractivity contribution is 0.392. The Kier molecular flexibility index (Phi) is 3.79. The van der Waals surface area contributed by atoms with Crippen molar-refractivity contribution in [1.29, 1.82) is 0 Å². The summed E-state index contributed by atoms with van der Waals surface area (Å²) in [5, 5.41) is 0. The van der Waals surface area contributed by atoms with Gasteiger partial charge in [-0.2, -0.15) is 4.98 Å². The third kappa shape index (κ3) is 2.79. The highest BCUT2D eigenvalue weighted by Crippen LogP contribution is 2.22. The van der Waals surface area contributed by atoms with Crippen LogP contribution in [0.2, 0.25) is 0 Å². The van der Waals surface area contributed by atoms with E-state index in [1.807, 2.05) is 6.92 Å². The summed E-state index contributed by atoms with van der Waals surface area (Å²) < 4.78 is 5.37. The van der Waals surface area contributed by atoms with Crippen molar-refractivity contribution in [1.82, 2.24) is 19.9 Å². The van der Waals surface area contributed by atoms with Gasteiger partial charge in [-0.25, -0.2) is 9.97 Å². The van der Waals surface area contributed by atoms with Crippen molar-refractivity contribution in [2.24, 2.45) is 0 Å². The Morgan fingerprint density at radius 1 is 1.09 bits per heavy atom. The quantitative estimate of drug-likeness (QED) is 0.801. The van der Waals surface area contributed by atoms with Crippen molar-refractivity contribution in [2.75, 3.05) is 7.11 Å². The first-order valence-electron chi connectivity index (χ1n) is 7.43. The fourth-order valence-electron chi connectivity index (χ4n) is 2.46. The van der Waals surface area contributed by atoms with Gasteiger partial charge in [0, 0.05) is 6.42 Å². The Bertz CT molecular complexity index is 790. The molecule has 22 heavy (non-hydrogen) atoms. The van der Waals surface area contributed by atoms with Gasteiger partial charge in [0.15, 0.2) is 5.65 Å². The van der Waals surface area contributed by atoms with Gasteiger partial charge in [-0.1, -0.05) is 38.1 Å². The molecule has 0 unspecified atom stereocenters. The molecular formula is C17H20N4O. The maximum absolute atomic E-state index is 5.37. The molecule has 5 nitrogen and oxygen atoms in total. The normalized spacial score (nSPS) is 11.3. The lowest BCUT2D eigenvalue weighted by atomic mass is 10.0. The molecule has 0 aliphatic heterocycles. The number of nitrogens with one attached hydrogen (secondary N) is 1. The van der Waals surface area contributed by atoms with E-state index in [4.69, 9.17) is 4.74 Å². The number of benzene rings is 1. The summed E-state index contributed by atoms with van der Waals surface area (Å²) in [7, 11) is 1.61. The van der Waals surface area contributed by atoms with Gasteiger partial charge in [0.1, 0.15) is 11.5 Å². The minimum atomic E-state index is 0.534. The Morgan fingerprint density at radius 3 is 2.45 bits per heavy atom.